The molecule has 0 bridgehead atoms. The highest BCUT2D eigenvalue weighted by Crippen LogP contribution is 2.32. The minimum atomic E-state index is 0.119. The summed E-state index contributed by atoms with van der Waals surface area (Å²) in [6.07, 6.45) is 3.16. The molecule has 0 radical (unpaired) electrons. The van der Waals surface area contributed by atoms with Gasteiger partial charge in [-0.05, 0) is 31.0 Å². The van der Waals surface area contributed by atoms with E-state index in [1.165, 1.54) is 0 Å². The lowest BCUT2D eigenvalue weighted by atomic mass is 9.85. The summed E-state index contributed by atoms with van der Waals surface area (Å²) in [5.74, 6) is 0.291. The second kappa shape index (κ2) is 6.02. The van der Waals surface area contributed by atoms with Crippen molar-refractivity contribution >= 4 is 28.9 Å². The minimum absolute atomic E-state index is 0.119. The number of anilines is 2. The third kappa shape index (κ3) is 2.91. The zero-order valence-electron chi connectivity index (χ0n) is 11.4. The molecule has 0 spiro atoms. The average molecular weight is 295 g/mol. The van der Waals surface area contributed by atoms with Crippen molar-refractivity contribution in [1.82, 2.24) is 0 Å². The molecule has 3 rings (SSSR count). The molecule has 1 aromatic carbocycles. The summed E-state index contributed by atoms with van der Waals surface area (Å²) in [7, 11) is 0. The number of carbonyl (C=O) groups is 1. The van der Waals surface area contributed by atoms with E-state index in [4.69, 9.17) is 16.3 Å². The van der Waals surface area contributed by atoms with E-state index in [2.05, 4.69) is 10.2 Å². The fourth-order valence-corrected chi connectivity index (χ4v) is 2.77. The van der Waals surface area contributed by atoms with Gasteiger partial charge in [0.05, 0.1) is 24.6 Å². The fourth-order valence-electron chi connectivity index (χ4n) is 2.59. The van der Waals surface area contributed by atoms with Gasteiger partial charge < -0.3 is 15.0 Å². The molecular formula is C15H19ClN2O2. The summed E-state index contributed by atoms with van der Waals surface area (Å²) in [5.41, 5.74) is 1.85. The minimum Gasteiger partial charge on any atom is -0.378 e. The van der Waals surface area contributed by atoms with E-state index in [1.807, 2.05) is 18.2 Å². The number of carbonyl (C=O) groups excluding carboxylic acids is 1. The van der Waals surface area contributed by atoms with Crippen LogP contribution in [0.4, 0.5) is 11.4 Å². The Kier molecular flexibility index (Phi) is 4.13. The molecular weight excluding hydrogens is 276 g/mol. The molecule has 0 aromatic heterocycles. The molecule has 20 heavy (non-hydrogen) atoms. The molecule has 1 saturated carbocycles. The van der Waals surface area contributed by atoms with Crippen LogP contribution < -0.4 is 10.2 Å². The molecule has 2 fully saturated rings. The molecule has 4 nitrogen and oxygen atoms in total. The highest BCUT2D eigenvalue weighted by atomic mass is 35.5. The monoisotopic (exact) mass is 294 g/mol. The second-order valence-corrected chi connectivity index (χ2v) is 5.81. The molecule has 0 unspecified atom stereocenters. The van der Waals surface area contributed by atoms with E-state index >= 15 is 0 Å². The molecule has 5 heteroatoms. The van der Waals surface area contributed by atoms with Crippen LogP contribution in [0.1, 0.15) is 19.3 Å². The lowest BCUT2D eigenvalue weighted by Gasteiger charge is -2.31. The number of morpholine rings is 1. The van der Waals surface area contributed by atoms with Crippen LogP contribution in [0.25, 0.3) is 0 Å². The SMILES string of the molecule is O=C(Nc1cc(Cl)ccc1N1CCOCC1)C1CCC1. The molecule has 1 aliphatic carbocycles. The van der Waals surface area contributed by atoms with E-state index < -0.39 is 0 Å². The van der Waals surface area contributed by atoms with Crippen LogP contribution in [0.2, 0.25) is 5.02 Å². The molecule has 0 atom stereocenters. The van der Waals surface area contributed by atoms with E-state index in [-0.39, 0.29) is 11.8 Å². The van der Waals surface area contributed by atoms with Gasteiger partial charge in [-0.3, -0.25) is 4.79 Å². The number of hydrogen-bond acceptors (Lipinski definition) is 3. The summed E-state index contributed by atoms with van der Waals surface area (Å²) >= 11 is 6.07. The van der Waals surface area contributed by atoms with Crippen LogP contribution in [0.5, 0.6) is 0 Å². The van der Waals surface area contributed by atoms with E-state index in [0.29, 0.717) is 5.02 Å². The third-order valence-electron chi connectivity index (χ3n) is 4.04. The summed E-state index contributed by atoms with van der Waals surface area (Å²) in [6.45, 7) is 3.12. The van der Waals surface area contributed by atoms with Crippen LogP contribution in [-0.2, 0) is 9.53 Å². The summed E-state index contributed by atoms with van der Waals surface area (Å²) in [5, 5.41) is 3.69. The number of halogens is 1. The van der Waals surface area contributed by atoms with Crippen molar-refractivity contribution in [3.63, 3.8) is 0 Å². The first-order valence-corrected chi connectivity index (χ1v) is 7.55. The van der Waals surface area contributed by atoms with Gasteiger partial charge in [-0.25, -0.2) is 0 Å². The highest BCUT2D eigenvalue weighted by Gasteiger charge is 2.26. The number of nitrogens with zero attached hydrogens (tertiary/aromatic N) is 1. The van der Waals surface area contributed by atoms with E-state index in [0.717, 1.165) is 56.9 Å². The van der Waals surface area contributed by atoms with Crippen LogP contribution in [0.3, 0.4) is 0 Å². The number of ether oxygens (including phenoxy) is 1. The number of hydrogen-bond donors (Lipinski definition) is 1. The van der Waals surface area contributed by atoms with Crippen molar-refractivity contribution in [2.75, 3.05) is 36.5 Å². The van der Waals surface area contributed by atoms with Crippen LogP contribution in [0, 0.1) is 5.92 Å². The van der Waals surface area contributed by atoms with Crippen molar-refractivity contribution in [2.45, 2.75) is 19.3 Å². The predicted molar refractivity (Wildman–Crippen MR) is 80.5 cm³/mol. The Balaban J connectivity index is 1.79. The maximum absolute atomic E-state index is 12.1. The van der Waals surface area contributed by atoms with Gasteiger partial charge in [0.2, 0.25) is 5.91 Å². The van der Waals surface area contributed by atoms with Gasteiger partial charge in [0.15, 0.2) is 0 Å². The maximum atomic E-state index is 12.1. The molecule has 1 amide bonds. The van der Waals surface area contributed by atoms with Gasteiger partial charge in [0.1, 0.15) is 0 Å². The van der Waals surface area contributed by atoms with Crippen LogP contribution in [0.15, 0.2) is 18.2 Å². The number of rotatable bonds is 3. The average Bonchev–Trinajstić information content (AvgIpc) is 2.37. The van der Waals surface area contributed by atoms with Crippen molar-refractivity contribution < 1.29 is 9.53 Å². The standard InChI is InChI=1S/C15H19ClN2O2/c16-12-4-5-14(18-6-8-20-9-7-18)13(10-12)17-15(19)11-2-1-3-11/h4-5,10-11H,1-3,6-9H2,(H,17,19). The Labute approximate surface area is 124 Å². The second-order valence-electron chi connectivity index (χ2n) is 5.38. The molecule has 1 aliphatic heterocycles. The van der Waals surface area contributed by atoms with Gasteiger partial charge >= 0.3 is 0 Å². The molecule has 108 valence electrons. The summed E-state index contributed by atoms with van der Waals surface area (Å²) in [6, 6.07) is 5.68. The van der Waals surface area contributed by atoms with Crippen LogP contribution in [-0.4, -0.2) is 32.2 Å². The third-order valence-corrected chi connectivity index (χ3v) is 4.28. The van der Waals surface area contributed by atoms with Gasteiger partial charge in [-0.2, -0.15) is 0 Å². The van der Waals surface area contributed by atoms with Gasteiger partial charge in [0.25, 0.3) is 0 Å². The Morgan fingerprint density at radius 3 is 2.70 bits per heavy atom. The molecule has 1 aromatic rings. The largest absolute Gasteiger partial charge is 0.378 e. The quantitative estimate of drug-likeness (QED) is 0.932. The zero-order chi connectivity index (χ0) is 13.9. The smallest absolute Gasteiger partial charge is 0.227 e. The summed E-state index contributed by atoms with van der Waals surface area (Å²) in [4.78, 5) is 14.4. The van der Waals surface area contributed by atoms with Gasteiger partial charge in [-0.15, -0.1) is 0 Å². The van der Waals surface area contributed by atoms with Gasteiger partial charge in [-0.1, -0.05) is 18.0 Å². The van der Waals surface area contributed by atoms with Crippen molar-refractivity contribution in [2.24, 2.45) is 5.92 Å². The normalized spacial score (nSPS) is 19.6. The lowest BCUT2D eigenvalue weighted by Crippen LogP contribution is -2.37. The molecule has 2 aliphatic rings. The number of nitrogens with one attached hydrogen (secondary N) is 1. The van der Waals surface area contributed by atoms with Crippen molar-refractivity contribution in [3.05, 3.63) is 23.2 Å². The van der Waals surface area contributed by atoms with E-state index in [9.17, 15) is 4.79 Å². The Morgan fingerprint density at radius 2 is 2.05 bits per heavy atom. The van der Waals surface area contributed by atoms with Crippen molar-refractivity contribution in [1.29, 1.82) is 0 Å². The topological polar surface area (TPSA) is 41.6 Å². The lowest BCUT2D eigenvalue weighted by molar-refractivity contribution is -0.122. The molecule has 1 heterocycles. The fraction of sp³-hybridized carbons (Fsp3) is 0.533. The number of benzene rings is 1. The molecule has 1 saturated heterocycles. The highest BCUT2D eigenvalue weighted by molar-refractivity contribution is 6.31. The zero-order valence-corrected chi connectivity index (χ0v) is 12.2. The van der Waals surface area contributed by atoms with Crippen molar-refractivity contribution in [3.8, 4) is 0 Å². The Bertz CT molecular complexity index is 497. The Morgan fingerprint density at radius 1 is 1.30 bits per heavy atom. The first kappa shape index (κ1) is 13.7. The molecule has 1 N–H and O–H groups in total. The van der Waals surface area contributed by atoms with Gasteiger partial charge in [0, 0.05) is 24.0 Å². The predicted octanol–water partition coefficient (Wildman–Crippen LogP) is 2.92. The summed E-state index contributed by atoms with van der Waals surface area (Å²) < 4.78 is 5.38. The first-order valence-electron chi connectivity index (χ1n) is 7.17. The first-order chi connectivity index (χ1) is 9.74. The van der Waals surface area contributed by atoms with Crippen LogP contribution >= 0.6 is 11.6 Å². The number of amides is 1. The van der Waals surface area contributed by atoms with E-state index in [1.54, 1.807) is 0 Å². The Hall–Kier alpha value is -1.26. The maximum Gasteiger partial charge on any atom is 0.227 e.